The first-order valence-corrected chi connectivity index (χ1v) is 9.50. The third kappa shape index (κ3) is 3.03. The Morgan fingerprint density at radius 2 is 2.23 bits per heavy atom. The number of nitrogens with zero attached hydrogens (tertiary/aromatic N) is 3. The van der Waals surface area contributed by atoms with Crippen molar-refractivity contribution < 1.29 is 14.3 Å². The molecule has 1 fully saturated rings. The molecule has 0 spiro atoms. The number of likely N-dealkylation sites (tertiary alicyclic amines) is 1. The van der Waals surface area contributed by atoms with E-state index in [1.54, 1.807) is 25.6 Å². The lowest BCUT2D eigenvalue weighted by Gasteiger charge is -2.26. The number of hydrogen-bond acceptors (Lipinski definition) is 5. The smallest absolute Gasteiger partial charge is 0.229 e. The van der Waals surface area contributed by atoms with E-state index in [0.717, 1.165) is 47.1 Å². The van der Waals surface area contributed by atoms with Gasteiger partial charge in [-0.2, -0.15) is 0 Å². The highest BCUT2D eigenvalue weighted by Gasteiger charge is 2.32. The zero-order chi connectivity index (χ0) is 18.1. The van der Waals surface area contributed by atoms with Gasteiger partial charge < -0.3 is 14.4 Å². The van der Waals surface area contributed by atoms with Crippen molar-refractivity contribution in [3.63, 3.8) is 0 Å². The van der Waals surface area contributed by atoms with Gasteiger partial charge in [0.1, 0.15) is 11.5 Å². The molecule has 1 aliphatic rings. The minimum absolute atomic E-state index is 0.0343. The maximum atomic E-state index is 12.9. The van der Waals surface area contributed by atoms with Crippen molar-refractivity contribution in [3.8, 4) is 11.5 Å². The summed E-state index contributed by atoms with van der Waals surface area (Å²) in [6.45, 7) is 0.765. The quantitative estimate of drug-likeness (QED) is 0.690. The summed E-state index contributed by atoms with van der Waals surface area (Å²) in [5.41, 5.74) is 1.85. The molecule has 0 bridgehead atoms. The molecular weight excluding hydrogens is 350 g/mol. The van der Waals surface area contributed by atoms with E-state index in [-0.39, 0.29) is 11.9 Å². The fourth-order valence-corrected chi connectivity index (χ4v) is 4.32. The molecule has 3 heterocycles. The predicted molar refractivity (Wildman–Crippen MR) is 100 cm³/mol. The second kappa shape index (κ2) is 6.99. The van der Waals surface area contributed by atoms with Crippen molar-refractivity contribution in [1.82, 2.24) is 14.3 Å². The molecule has 2 aromatic heterocycles. The number of rotatable bonds is 5. The standard InChI is InChI=1S/C19H21N3O3S/c1-24-14-5-6-15(17(11-14)25-2)16-4-3-7-22(16)18(23)10-13-12-21-8-9-26-19(21)20-13/h5-6,8-9,11-12,16H,3-4,7,10H2,1-2H3/t16-/m1/s1. The lowest BCUT2D eigenvalue weighted by Crippen LogP contribution is -2.32. The van der Waals surface area contributed by atoms with Gasteiger partial charge in [-0.15, -0.1) is 11.3 Å². The third-order valence-corrected chi connectivity index (χ3v) is 5.62. The molecule has 1 amide bonds. The van der Waals surface area contributed by atoms with Crippen molar-refractivity contribution in [2.45, 2.75) is 25.3 Å². The van der Waals surface area contributed by atoms with E-state index in [1.807, 2.05) is 45.3 Å². The molecule has 1 aromatic carbocycles. The molecular formula is C19H21N3O3S. The van der Waals surface area contributed by atoms with E-state index >= 15 is 0 Å². The van der Waals surface area contributed by atoms with Gasteiger partial charge in [-0.25, -0.2) is 4.98 Å². The lowest BCUT2D eigenvalue weighted by molar-refractivity contribution is -0.131. The van der Waals surface area contributed by atoms with Crippen LogP contribution in [0.1, 0.15) is 30.1 Å². The van der Waals surface area contributed by atoms with Crippen LogP contribution in [0.5, 0.6) is 11.5 Å². The molecule has 1 saturated heterocycles. The van der Waals surface area contributed by atoms with E-state index in [9.17, 15) is 4.79 Å². The molecule has 0 unspecified atom stereocenters. The number of carbonyl (C=O) groups is 1. The molecule has 3 aromatic rings. The van der Waals surface area contributed by atoms with Crippen molar-refractivity contribution in [3.05, 3.63) is 47.2 Å². The number of carbonyl (C=O) groups excluding carboxylic acids is 1. The van der Waals surface area contributed by atoms with E-state index in [0.29, 0.717) is 6.42 Å². The van der Waals surface area contributed by atoms with Crippen molar-refractivity contribution in [2.75, 3.05) is 20.8 Å². The highest BCUT2D eigenvalue weighted by atomic mass is 32.1. The van der Waals surface area contributed by atoms with Gasteiger partial charge in [0.15, 0.2) is 4.96 Å². The van der Waals surface area contributed by atoms with Crippen LogP contribution in [0.25, 0.3) is 4.96 Å². The second-order valence-corrected chi connectivity index (χ2v) is 7.23. The van der Waals surface area contributed by atoms with Crippen LogP contribution in [0.2, 0.25) is 0 Å². The number of thiazole rings is 1. The van der Waals surface area contributed by atoms with Gasteiger partial charge in [0, 0.05) is 35.9 Å². The molecule has 0 radical (unpaired) electrons. The molecule has 4 rings (SSSR count). The van der Waals surface area contributed by atoms with Gasteiger partial charge in [0.2, 0.25) is 5.91 Å². The summed E-state index contributed by atoms with van der Waals surface area (Å²) in [4.78, 5) is 20.3. The summed E-state index contributed by atoms with van der Waals surface area (Å²) in [5.74, 6) is 1.62. The zero-order valence-electron chi connectivity index (χ0n) is 14.8. The maximum absolute atomic E-state index is 12.9. The Morgan fingerprint density at radius 1 is 1.35 bits per heavy atom. The van der Waals surface area contributed by atoms with Crippen LogP contribution in [0, 0.1) is 0 Å². The van der Waals surface area contributed by atoms with Gasteiger partial charge in [-0.05, 0) is 25.0 Å². The molecule has 1 aliphatic heterocycles. The normalized spacial score (nSPS) is 17.0. The first-order valence-electron chi connectivity index (χ1n) is 8.62. The summed E-state index contributed by atoms with van der Waals surface area (Å²) in [5, 5.41) is 1.99. The number of imidazole rings is 1. The SMILES string of the molecule is COc1ccc([C@H]2CCCN2C(=O)Cc2cn3ccsc3n2)c(OC)c1. The summed E-state index contributed by atoms with van der Waals surface area (Å²) in [6.07, 6.45) is 6.14. The van der Waals surface area contributed by atoms with Crippen molar-refractivity contribution in [1.29, 1.82) is 0 Å². The van der Waals surface area contributed by atoms with Crippen LogP contribution in [-0.4, -0.2) is 41.0 Å². The number of hydrogen-bond donors (Lipinski definition) is 0. The molecule has 6 nitrogen and oxygen atoms in total. The summed E-state index contributed by atoms with van der Waals surface area (Å²) < 4.78 is 12.8. The van der Waals surface area contributed by atoms with Gasteiger partial charge in [0.05, 0.1) is 32.4 Å². The van der Waals surface area contributed by atoms with Crippen LogP contribution in [-0.2, 0) is 11.2 Å². The maximum Gasteiger partial charge on any atom is 0.229 e. The largest absolute Gasteiger partial charge is 0.497 e. The average molecular weight is 371 g/mol. The fraction of sp³-hybridized carbons (Fsp3) is 0.368. The average Bonchev–Trinajstić information content (AvgIpc) is 3.36. The predicted octanol–water partition coefficient (Wildman–Crippen LogP) is 3.32. The third-order valence-electron chi connectivity index (χ3n) is 4.85. The lowest BCUT2D eigenvalue weighted by atomic mass is 10.0. The monoisotopic (exact) mass is 371 g/mol. The van der Waals surface area contributed by atoms with Crippen LogP contribution in [0.15, 0.2) is 36.0 Å². The fourth-order valence-electron chi connectivity index (χ4n) is 3.60. The number of amides is 1. The Hall–Kier alpha value is -2.54. The van der Waals surface area contributed by atoms with Crippen LogP contribution in [0.3, 0.4) is 0 Å². The van der Waals surface area contributed by atoms with E-state index in [2.05, 4.69) is 4.98 Å². The minimum Gasteiger partial charge on any atom is -0.497 e. The molecule has 26 heavy (non-hydrogen) atoms. The topological polar surface area (TPSA) is 56.1 Å². The van der Waals surface area contributed by atoms with Gasteiger partial charge >= 0.3 is 0 Å². The van der Waals surface area contributed by atoms with E-state index in [4.69, 9.17) is 9.47 Å². The number of fused-ring (bicyclic) bond motifs is 1. The highest BCUT2D eigenvalue weighted by molar-refractivity contribution is 7.15. The summed E-state index contributed by atoms with van der Waals surface area (Å²) >= 11 is 1.57. The van der Waals surface area contributed by atoms with Gasteiger partial charge in [0.25, 0.3) is 0 Å². The Morgan fingerprint density at radius 3 is 3.00 bits per heavy atom. The molecule has 0 aliphatic carbocycles. The first kappa shape index (κ1) is 16.9. The van der Waals surface area contributed by atoms with E-state index in [1.165, 1.54) is 0 Å². The number of methoxy groups -OCH3 is 2. The minimum atomic E-state index is 0.0343. The van der Waals surface area contributed by atoms with E-state index < -0.39 is 0 Å². The Balaban J connectivity index is 1.56. The van der Waals surface area contributed by atoms with Crippen molar-refractivity contribution >= 4 is 22.2 Å². The Kier molecular flexibility index (Phi) is 4.55. The van der Waals surface area contributed by atoms with Crippen LogP contribution >= 0.6 is 11.3 Å². The van der Waals surface area contributed by atoms with Gasteiger partial charge in [-0.1, -0.05) is 0 Å². The number of ether oxygens (including phenoxy) is 2. The van der Waals surface area contributed by atoms with Crippen LogP contribution in [0.4, 0.5) is 0 Å². The summed E-state index contributed by atoms with van der Waals surface area (Å²) in [6, 6.07) is 5.83. The molecule has 0 N–H and O–H groups in total. The first-order chi connectivity index (χ1) is 12.7. The van der Waals surface area contributed by atoms with Crippen LogP contribution < -0.4 is 9.47 Å². The van der Waals surface area contributed by atoms with Gasteiger partial charge in [-0.3, -0.25) is 9.20 Å². The Bertz CT molecular complexity index is 905. The molecule has 0 saturated carbocycles. The Labute approximate surface area is 156 Å². The number of benzene rings is 1. The molecule has 1 atom stereocenters. The second-order valence-electron chi connectivity index (χ2n) is 6.35. The van der Waals surface area contributed by atoms with Crippen molar-refractivity contribution in [2.24, 2.45) is 0 Å². The zero-order valence-corrected chi connectivity index (χ0v) is 15.7. The molecule has 136 valence electrons. The number of aromatic nitrogens is 2. The molecule has 7 heteroatoms. The highest BCUT2D eigenvalue weighted by Crippen LogP contribution is 2.38. The summed E-state index contributed by atoms with van der Waals surface area (Å²) in [7, 11) is 3.28.